The molecule has 6 nitrogen and oxygen atoms in total. The van der Waals surface area contributed by atoms with Gasteiger partial charge in [-0.15, -0.1) is 0 Å². The molecule has 0 spiro atoms. The molecule has 2 fully saturated rings. The predicted molar refractivity (Wildman–Crippen MR) is 82.2 cm³/mol. The molecule has 1 amide bonds. The quantitative estimate of drug-likeness (QED) is 0.651. The lowest BCUT2D eigenvalue weighted by atomic mass is 10.2. The number of pyridine rings is 1. The van der Waals surface area contributed by atoms with Crippen LogP contribution in [0.15, 0.2) is 12.3 Å². The number of hydrogen-bond acceptors (Lipinski definition) is 5. The van der Waals surface area contributed by atoms with Crippen LogP contribution in [0.25, 0.3) is 0 Å². The molecular weight excluding hydrogens is 290 g/mol. The third kappa shape index (κ3) is 2.97. The second-order valence-electron chi connectivity index (χ2n) is 5.64. The maximum absolute atomic E-state index is 12.5. The van der Waals surface area contributed by atoms with Crippen LogP contribution in [0.4, 0.5) is 5.82 Å². The van der Waals surface area contributed by atoms with E-state index < -0.39 is 0 Å². The molecule has 2 aliphatic heterocycles. The molecule has 3 heterocycles. The molecule has 21 heavy (non-hydrogen) atoms. The molecule has 2 saturated heterocycles. The third-order valence-corrected chi connectivity index (χ3v) is 4.62. The Morgan fingerprint density at radius 1 is 1.38 bits per heavy atom. The number of carbonyl (C=O) groups is 1. The Kier molecular flexibility index (Phi) is 4.28. The highest BCUT2D eigenvalue weighted by molar-refractivity contribution is 6.33. The maximum Gasteiger partial charge on any atom is 0.255 e. The first-order valence-electron chi connectivity index (χ1n) is 7.34. The van der Waals surface area contributed by atoms with Crippen molar-refractivity contribution < 1.29 is 4.79 Å². The standard InChI is InChI=1S/C14H20ClN5O/c15-12-7-10(8-17-13(12)18-16)14(21)20-6-3-11(9-20)19-4-1-2-5-19/h7-8,11H,1-6,9,16H2,(H,17,18). The number of carbonyl (C=O) groups excluding carboxylic acids is 1. The van der Waals surface area contributed by atoms with E-state index in [2.05, 4.69) is 15.3 Å². The largest absolute Gasteiger partial charge is 0.337 e. The van der Waals surface area contributed by atoms with E-state index in [0.29, 0.717) is 22.4 Å². The minimum atomic E-state index is -0.00494. The monoisotopic (exact) mass is 309 g/mol. The first-order valence-corrected chi connectivity index (χ1v) is 7.72. The Morgan fingerprint density at radius 2 is 2.14 bits per heavy atom. The fraction of sp³-hybridized carbons (Fsp3) is 0.571. The van der Waals surface area contributed by atoms with Crippen LogP contribution in [-0.2, 0) is 0 Å². The van der Waals surface area contributed by atoms with E-state index in [1.807, 2.05) is 4.90 Å². The summed E-state index contributed by atoms with van der Waals surface area (Å²) < 4.78 is 0. The molecule has 2 aliphatic rings. The molecule has 1 unspecified atom stereocenters. The Labute approximate surface area is 129 Å². The number of hydrogen-bond donors (Lipinski definition) is 2. The lowest BCUT2D eigenvalue weighted by Crippen LogP contribution is -2.37. The summed E-state index contributed by atoms with van der Waals surface area (Å²) in [6.07, 6.45) is 5.12. The van der Waals surface area contributed by atoms with Gasteiger partial charge in [0.05, 0.1) is 10.6 Å². The summed E-state index contributed by atoms with van der Waals surface area (Å²) >= 11 is 6.03. The minimum Gasteiger partial charge on any atom is -0.337 e. The molecule has 0 radical (unpaired) electrons. The molecule has 0 aromatic carbocycles. The number of nitrogens with zero attached hydrogens (tertiary/aromatic N) is 3. The molecule has 7 heteroatoms. The molecule has 1 aromatic heterocycles. The van der Waals surface area contributed by atoms with Crippen molar-refractivity contribution in [1.29, 1.82) is 0 Å². The highest BCUT2D eigenvalue weighted by atomic mass is 35.5. The van der Waals surface area contributed by atoms with Crippen molar-refractivity contribution in [3.8, 4) is 0 Å². The Morgan fingerprint density at radius 3 is 2.81 bits per heavy atom. The number of rotatable bonds is 3. The molecule has 1 aromatic rings. The maximum atomic E-state index is 12.5. The van der Waals surface area contributed by atoms with E-state index in [9.17, 15) is 4.79 Å². The number of likely N-dealkylation sites (tertiary alicyclic amines) is 2. The van der Waals surface area contributed by atoms with Crippen LogP contribution in [0.1, 0.15) is 29.6 Å². The van der Waals surface area contributed by atoms with Crippen molar-refractivity contribution in [2.45, 2.75) is 25.3 Å². The molecule has 114 valence electrons. The fourth-order valence-electron chi connectivity index (χ4n) is 3.17. The number of halogens is 1. The average molecular weight is 310 g/mol. The number of nitrogen functional groups attached to an aromatic ring is 1. The highest BCUT2D eigenvalue weighted by Gasteiger charge is 2.32. The van der Waals surface area contributed by atoms with Crippen molar-refractivity contribution in [1.82, 2.24) is 14.8 Å². The van der Waals surface area contributed by atoms with Gasteiger partial charge in [-0.25, -0.2) is 10.8 Å². The number of amides is 1. The van der Waals surface area contributed by atoms with Crippen molar-refractivity contribution in [3.63, 3.8) is 0 Å². The van der Waals surface area contributed by atoms with Crippen LogP contribution in [-0.4, -0.2) is 52.9 Å². The van der Waals surface area contributed by atoms with Crippen molar-refractivity contribution in [2.75, 3.05) is 31.6 Å². The van der Waals surface area contributed by atoms with E-state index in [1.165, 1.54) is 19.0 Å². The molecule has 1 atom stereocenters. The normalized spacial score (nSPS) is 22.8. The summed E-state index contributed by atoms with van der Waals surface area (Å²) in [7, 11) is 0. The van der Waals surface area contributed by atoms with Crippen LogP contribution in [0.3, 0.4) is 0 Å². The van der Waals surface area contributed by atoms with Gasteiger partial charge >= 0.3 is 0 Å². The summed E-state index contributed by atoms with van der Waals surface area (Å²) in [5.74, 6) is 5.66. The lowest BCUT2D eigenvalue weighted by molar-refractivity contribution is 0.0779. The molecular formula is C14H20ClN5O. The van der Waals surface area contributed by atoms with Gasteiger partial charge in [0.25, 0.3) is 5.91 Å². The summed E-state index contributed by atoms with van der Waals surface area (Å²) in [5.41, 5.74) is 2.92. The minimum absolute atomic E-state index is 0.00494. The van der Waals surface area contributed by atoms with E-state index >= 15 is 0 Å². The van der Waals surface area contributed by atoms with Crippen LogP contribution < -0.4 is 11.3 Å². The lowest BCUT2D eigenvalue weighted by Gasteiger charge is -2.23. The van der Waals surface area contributed by atoms with E-state index in [-0.39, 0.29) is 5.91 Å². The Bertz CT molecular complexity index is 532. The summed E-state index contributed by atoms with van der Waals surface area (Å²) in [6.45, 7) is 3.93. The second kappa shape index (κ2) is 6.17. The smallest absolute Gasteiger partial charge is 0.255 e. The number of aromatic nitrogens is 1. The Balaban J connectivity index is 1.67. The molecule has 0 aliphatic carbocycles. The van der Waals surface area contributed by atoms with E-state index in [1.54, 1.807) is 6.07 Å². The van der Waals surface area contributed by atoms with Gasteiger partial charge in [-0.1, -0.05) is 11.6 Å². The topological polar surface area (TPSA) is 74.5 Å². The predicted octanol–water partition coefficient (Wildman–Crippen LogP) is 1.33. The summed E-state index contributed by atoms with van der Waals surface area (Å²) in [6, 6.07) is 2.12. The van der Waals surface area contributed by atoms with Gasteiger partial charge in [-0.2, -0.15) is 0 Å². The molecule has 3 rings (SSSR count). The van der Waals surface area contributed by atoms with Crippen LogP contribution >= 0.6 is 11.6 Å². The summed E-state index contributed by atoms with van der Waals surface area (Å²) in [5, 5.41) is 0.360. The van der Waals surface area contributed by atoms with Gasteiger partial charge in [0.15, 0.2) is 5.82 Å². The van der Waals surface area contributed by atoms with Gasteiger partial charge in [0.1, 0.15) is 0 Å². The van der Waals surface area contributed by atoms with Gasteiger partial charge in [0, 0.05) is 25.3 Å². The third-order valence-electron chi connectivity index (χ3n) is 4.33. The number of nitrogens with two attached hydrogens (primary N) is 1. The molecule has 0 saturated carbocycles. The summed E-state index contributed by atoms with van der Waals surface area (Å²) in [4.78, 5) is 21.0. The van der Waals surface area contributed by atoms with Crippen molar-refractivity contribution in [3.05, 3.63) is 22.8 Å². The van der Waals surface area contributed by atoms with Gasteiger partial charge < -0.3 is 10.3 Å². The number of nitrogens with one attached hydrogen (secondary N) is 1. The SMILES string of the molecule is NNc1ncc(C(=O)N2CCC(N3CCCC3)C2)cc1Cl. The molecule has 3 N–H and O–H groups in total. The number of hydrazine groups is 1. The zero-order valence-electron chi connectivity index (χ0n) is 11.9. The van der Waals surface area contributed by atoms with Gasteiger partial charge in [0.2, 0.25) is 0 Å². The Hall–Kier alpha value is -1.37. The number of anilines is 1. The fourth-order valence-corrected chi connectivity index (χ4v) is 3.40. The average Bonchev–Trinajstić information content (AvgIpc) is 3.17. The van der Waals surface area contributed by atoms with Crippen molar-refractivity contribution in [2.24, 2.45) is 5.84 Å². The highest BCUT2D eigenvalue weighted by Crippen LogP contribution is 2.24. The van der Waals surface area contributed by atoms with Crippen LogP contribution in [0.5, 0.6) is 0 Å². The van der Waals surface area contributed by atoms with Crippen LogP contribution in [0, 0.1) is 0 Å². The van der Waals surface area contributed by atoms with E-state index in [0.717, 1.165) is 32.6 Å². The first kappa shape index (κ1) is 14.6. The van der Waals surface area contributed by atoms with E-state index in [4.69, 9.17) is 17.4 Å². The first-order chi connectivity index (χ1) is 10.2. The second-order valence-corrected chi connectivity index (χ2v) is 6.04. The van der Waals surface area contributed by atoms with Gasteiger partial charge in [-0.3, -0.25) is 9.69 Å². The van der Waals surface area contributed by atoms with Crippen LogP contribution in [0.2, 0.25) is 5.02 Å². The zero-order valence-corrected chi connectivity index (χ0v) is 12.6. The zero-order chi connectivity index (χ0) is 14.8. The van der Waals surface area contributed by atoms with Gasteiger partial charge in [-0.05, 0) is 38.4 Å². The molecule has 0 bridgehead atoms. The van der Waals surface area contributed by atoms with Crippen molar-refractivity contribution >= 4 is 23.3 Å².